The Bertz CT molecular complexity index is 815. The molecule has 0 spiro atoms. The van der Waals surface area contributed by atoms with Crippen molar-refractivity contribution in [2.75, 3.05) is 27.2 Å². The molecule has 0 aromatic heterocycles. The summed E-state index contributed by atoms with van der Waals surface area (Å²) >= 11 is 0. The Morgan fingerprint density at radius 3 is 1.67 bits per heavy atom. The van der Waals surface area contributed by atoms with Crippen LogP contribution in [0, 0.1) is 5.41 Å². The van der Waals surface area contributed by atoms with E-state index in [9.17, 15) is 19.2 Å². The molecule has 0 aromatic rings. The Kier molecular flexibility index (Phi) is 17.2. The number of hydrogen-bond acceptors (Lipinski definition) is 5. The number of carboxylic acids is 1. The molecule has 0 aliphatic heterocycles. The molecular weight excluding hydrogens is 496 g/mol. The first kappa shape index (κ1) is 38.7. The lowest BCUT2D eigenvalue weighted by Crippen LogP contribution is -2.68. The van der Waals surface area contributed by atoms with Gasteiger partial charge in [-0.3, -0.25) is 14.4 Å². The van der Waals surface area contributed by atoms with Crippen LogP contribution in [0.2, 0.25) is 0 Å². The second-order valence-corrected chi connectivity index (χ2v) is 11.2. The average molecular weight is 555 g/mol. The highest BCUT2D eigenvalue weighted by Gasteiger charge is 2.49. The molecule has 0 saturated carbocycles. The number of nitrogens with one attached hydrogen (secondary N) is 2. The summed E-state index contributed by atoms with van der Waals surface area (Å²) in [6.07, 6.45) is 4.66. The molecule has 0 aromatic carbocycles. The normalized spacial score (nSPS) is 13.1. The first-order valence-electron chi connectivity index (χ1n) is 14.5. The standard InChI is InChI=1S/C27H50N4O5.C3H8/c1-12-26(13-2,28-10)24(36)31(16-5)27(14-3,15-4)23(35)29-20(25(7,8)9)21(32)30(11)18-17-19(6)22(33)34;1-3-2/h17,20,28H,12-16,18H2,1-11H3,(H,29,35)(H,33,34);3H2,1-2H3/b19-17+;. The largest absolute Gasteiger partial charge is 0.478 e. The zero-order valence-corrected chi connectivity index (χ0v) is 27.1. The topological polar surface area (TPSA) is 119 Å². The second kappa shape index (κ2) is 17.3. The fraction of sp³-hybridized carbons (Fsp3) is 0.800. The van der Waals surface area contributed by atoms with Gasteiger partial charge in [-0.05, 0) is 52.0 Å². The number of nitrogens with zero attached hydrogens (tertiary/aromatic N) is 2. The van der Waals surface area contributed by atoms with Crippen LogP contribution < -0.4 is 10.6 Å². The molecular formula is C30H58N4O5. The van der Waals surface area contributed by atoms with Crippen LogP contribution in [-0.4, -0.2) is 82.9 Å². The lowest BCUT2D eigenvalue weighted by atomic mass is 9.82. The van der Waals surface area contributed by atoms with Gasteiger partial charge >= 0.3 is 5.97 Å². The molecule has 9 nitrogen and oxygen atoms in total. The van der Waals surface area contributed by atoms with Crippen LogP contribution in [0.25, 0.3) is 0 Å². The number of aliphatic carboxylic acids is 1. The highest BCUT2D eigenvalue weighted by Crippen LogP contribution is 2.31. The minimum Gasteiger partial charge on any atom is -0.478 e. The zero-order valence-electron chi connectivity index (χ0n) is 27.1. The molecule has 228 valence electrons. The molecule has 3 amide bonds. The maximum Gasteiger partial charge on any atom is 0.331 e. The first-order valence-corrected chi connectivity index (χ1v) is 14.5. The van der Waals surface area contributed by atoms with Crippen molar-refractivity contribution in [3.05, 3.63) is 11.6 Å². The smallest absolute Gasteiger partial charge is 0.331 e. The fourth-order valence-corrected chi connectivity index (χ4v) is 4.57. The zero-order chi connectivity index (χ0) is 31.2. The summed E-state index contributed by atoms with van der Waals surface area (Å²) in [6, 6.07) is -0.869. The van der Waals surface area contributed by atoms with Crippen LogP contribution in [0.4, 0.5) is 0 Å². The minimum atomic E-state index is -1.12. The van der Waals surface area contributed by atoms with Crippen molar-refractivity contribution in [1.29, 1.82) is 0 Å². The van der Waals surface area contributed by atoms with Crippen molar-refractivity contribution in [2.24, 2.45) is 5.41 Å². The number of rotatable bonds is 14. The molecule has 1 unspecified atom stereocenters. The van der Waals surface area contributed by atoms with Gasteiger partial charge in [0, 0.05) is 25.7 Å². The average Bonchev–Trinajstić information content (AvgIpc) is 2.89. The molecule has 0 radical (unpaired) electrons. The van der Waals surface area contributed by atoms with E-state index in [1.165, 1.54) is 24.3 Å². The summed E-state index contributed by atoms with van der Waals surface area (Å²) in [6.45, 7) is 21.3. The molecule has 9 heteroatoms. The molecule has 3 N–H and O–H groups in total. The van der Waals surface area contributed by atoms with Gasteiger partial charge in [0.1, 0.15) is 11.6 Å². The van der Waals surface area contributed by atoms with Gasteiger partial charge in [0.05, 0.1) is 5.54 Å². The molecule has 0 heterocycles. The summed E-state index contributed by atoms with van der Waals surface area (Å²) < 4.78 is 0. The van der Waals surface area contributed by atoms with Crippen molar-refractivity contribution in [1.82, 2.24) is 20.4 Å². The Labute approximate surface area is 238 Å². The summed E-state index contributed by atoms with van der Waals surface area (Å²) in [5.41, 5.74) is -2.39. The second-order valence-electron chi connectivity index (χ2n) is 11.2. The quantitative estimate of drug-likeness (QED) is 0.270. The number of likely N-dealkylation sites (N-methyl/N-ethyl adjacent to an activating group) is 3. The van der Waals surface area contributed by atoms with Crippen LogP contribution in [0.1, 0.15) is 108 Å². The van der Waals surface area contributed by atoms with Crippen molar-refractivity contribution in [2.45, 2.75) is 125 Å². The SMILES string of the molecule is CCC.CCN(C(=O)C(CC)(CC)NC)C(CC)(CC)C(=O)NC(C(=O)N(C)C/C=C(\C)C(=O)O)C(C)(C)C. The van der Waals surface area contributed by atoms with Gasteiger partial charge in [0.15, 0.2) is 0 Å². The fourth-order valence-electron chi connectivity index (χ4n) is 4.57. The van der Waals surface area contributed by atoms with Crippen LogP contribution in [0.5, 0.6) is 0 Å². The van der Waals surface area contributed by atoms with E-state index in [1.54, 1.807) is 19.0 Å². The third-order valence-electron chi connectivity index (χ3n) is 7.54. The van der Waals surface area contributed by atoms with Crippen molar-refractivity contribution < 1.29 is 24.3 Å². The van der Waals surface area contributed by atoms with E-state index in [2.05, 4.69) is 24.5 Å². The predicted octanol–water partition coefficient (Wildman–Crippen LogP) is 4.61. The highest BCUT2D eigenvalue weighted by molar-refractivity contribution is 5.97. The molecule has 0 fully saturated rings. The maximum absolute atomic E-state index is 14.0. The van der Waals surface area contributed by atoms with Crippen molar-refractivity contribution in [3.63, 3.8) is 0 Å². The van der Waals surface area contributed by atoms with E-state index in [-0.39, 0.29) is 29.8 Å². The number of amides is 3. The number of carbonyl (C=O) groups excluding carboxylic acids is 3. The van der Waals surface area contributed by atoms with E-state index in [0.717, 1.165) is 0 Å². The Morgan fingerprint density at radius 1 is 0.897 bits per heavy atom. The van der Waals surface area contributed by atoms with Gasteiger partial charge in [-0.25, -0.2) is 4.79 Å². The van der Waals surface area contributed by atoms with Crippen LogP contribution >= 0.6 is 0 Å². The van der Waals surface area contributed by atoms with E-state index in [1.807, 2.05) is 55.4 Å². The van der Waals surface area contributed by atoms with E-state index in [0.29, 0.717) is 32.2 Å². The molecule has 39 heavy (non-hydrogen) atoms. The van der Waals surface area contributed by atoms with E-state index in [4.69, 9.17) is 5.11 Å². The monoisotopic (exact) mass is 554 g/mol. The lowest BCUT2D eigenvalue weighted by molar-refractivity contribution is -0.155. The Morgan fingerprint density at radius 2 is 1.36 bits per heavy atom. The van der Waals surface area contributed by atoms with Crippen LogP contribution in [0.15, 0.2) is 11.6 Å². The maximum atomic E-state index is 14.0. The lowest BCUT2D eigenvalue weighted by Gasteiger charge is -2.47. The molecule has 0 aliphatic carbocycles. The molecule has 1 atom stereocenters. The van der Waals surface area contributed by atoms with Crippen molar-refractivity contribution in [3.8, 4) is 0 Å². The molecule has 0 aliphatic rings. The molecule has 0 bridgehead atoms. The number of hydrogen-bond donors (Lipinski definition) is 3. The van der Waals surface area contributed by atoms with Gasteiger partial charge in [-0.15, -0.1) is 0 Å². The van der Waals surface area contributed by atoms with Gasteiger partial charge in [-0.2, -0.15) is 0 Å². The van der Waals surface area contributed by atoms with Gasteiger partial charge in [0.2, 0.25) is 17.7 Å². The van der Waals surface area contributed by atoms with E-state index < -0.39 is 28.5 Å². The van der Waals surface area contributed by atoms with Gasteiger partial charge in [-0.1, -0.05) is 74.8 Å². The first-order chi connectivity index (χ1) is 18.0. The number of carboxylic acid groups (broad SMARTS) is 1. The summed E-state index contributed by atoms with van der Waals surface area (Å²) in [5.74, 6) is -1.86. The molecule has 0 rings (SSSR count). The molecule has 0 saturated heterocycles. The summed E-state index contributed by atoms with van der Waals surface area (Å²) in [5, 5.41) is 15.3. The van der Waals surface area contributed by atoms with Crippen LogP contribution in [0.3, 0.4) is 0 Å². The number of carbonyl (C=O) groups is 4. The van der Waals surface area contributed by atoms with Gasteiger partial charge < -0.3 is 25.5 Å². The minimum absolute atomic E-state index is 0.101. The predicted molar refractivity (Wildman–Crippen MR) is 159 cm³/mol. The van der Waals surface area contributed by atoms with Crippen LogP contribution in [-0.2, 0) is 19.2 Å². The third-order valence-corrected chi connectivity index (χ3v) is 7.54. The Balaban J connectivity index is 0. The van der Waals surface area contributed by atoms with Crippen molar-refractivity contribution >= 4 is 23.7 Å². The van der Waals surface area contributed by atoms with E-state index >= 15 is 0 Å². The Hall–Kier alpha value is -2.42. The summed E-state index contributed by atoms with van der Waals surface area (Å²) in [7, 11) is 3.35. The van der Waals surface area contributed by atoms with Gasteiger partial charge in [0.25, 0.3) is 0 Å². The summed E-state index contributed by atoms with van der Waals surface area (Å²) in [4.78, 5) is 55.4. The third kappa shape index (κ3) is 9.92. The highest BCUT2D eigenvalue weighted by atomic mass is 16.4.